The first-order valence-corrected chi connectivity index (χ1v) is 9.69. The Hall–Kier alpha value is -4.19. The molecule has 1 aliphatic rings. The normalized spacial score (nSPS) is 14.0. The summed E-state index contributed by atoms with van der Waals surface area (Å²) in [5.74, 6) is 1.06. The molecule has 0 bridgehead atoms. The number of carbonyl (C=O) groups excluding carboxylic acids is 1. The van der Waals surface area contributed by atoms with Gasteiger partial charge in [-0.2, -0.15) is 0 Å². The zero-order valence-electron chi connectivity index (χ0n) is 16.8. The molecular formula is C25H19NO5. The number of hydrogen-bond acceptors (Lipinski definition) is 5. The molecule has 0 atom stereocenters. The van der Waals surface area contributed by atoms with Crippen LogP contribution in [0.4, 0.5) is 5.69 Å². The lowest BCUT2D eigenvalue weighted by Crippen LogP contribution is -1.98. The molecule has 0 unspecified atom stereocenters. The highest BCUT2D eigenvalue weighted by molar-refractivity contribution is 6.15. The Balaban J connectivity index is 1.48. The van der Waals surface area contributed by atoms with Crippen LogP contribution in [0.5, 0.6) is 11.5 Å². The summed E-state index contributed by atoms with van der Waals surface area (Å²) in [6, 6.07) is 19.3. The number of nitrogens with zero attached hydrogens (tertiary/aromatic N) is 1. The molecule has 4 rings (SSSR count). The molecule has 0 aliphatic carbocycles. The highest BCUT2D eigenvalue weighted by Gasteiger charge is 2.30. The lowest BCUT2D eigenvalue weighted by atomic mass is 10.1. The molecule has 0 fully saturated rings. The van der Waals surface area contributed by atoms with E-state index in [1.54, 1.807) is 30.3 Å². The van der Waals surface area contributed by atoms with Crippen molar-refractivity contribution in [2.45, 2.75) is 6.92 Å². The lowest BCUT2D eigenvalue weighted by Gasteiger charge is -2.10. The topological polar surface area (TPSA) is 78.7 Å². The third kappa shape index (κ3) is 4.38. The van der Waals surface area contributed by atoms with Crippen LogP contribution in [-0.4, -0.2) is 17.3 Å². The van der Waals surface area contributed by atoms with Crippen molar-refractivity contribution < 1.29 is 19.2 Å². The van der Waals surface area contributed by atoms with Gasteiger partial charge in [0.15, 0.2) is 5.76 Å². The standard InChI is InChI=1S/C25H19NO5/c1-17-22(30-15-5-8-18-6-3-2-4-7-18)14-13-21-24(27)23(31-25(17)21)16-19-9-11-20(12-10-19)26(28)29/h2-14,16H,15H2,1H3/b8-5+,23-16-. The molecule has 0 radical (unpaired) electrons. The van der Waals surface area contributed by atoms with E-state index in [0.717, 1.165) is 11.1 Å². The van der Waals surface area contributed by atoms with Crippen molar-refractivity contribution in [2.24, 2.45) is 0 Å². The van der Waals surface area contributed by atoms with Crippen molar-refractivity contribution >= 4 is 23.6 Å². The van der Waals surface area contributed by atoms with Gasteiger partial charge in [-0.25, -0.2) is 0 Å². The van der Waals surface area contributed by atoms with Gasteiger partial charge in [-0.15, -0.1) is 0 Å². The quantitative estimate of drug-likeness (QED) is 0.298. The maximum atomic E-state index is 12.7. The lowest BCUT2D eigenvalue weighted by molar-refractivity contribution is -0.384. The summed E-state index contributed by atoms with van der Waals surface area (Å²) in [6.07, 6.45) is 5.48. The van der Waals surface area contributed by atoms with Gasteiger partial charge in [-0.1, -0.05) is 36.4 Å². The Morgan fingerprint density at radius 2 is 1.74 bits per heavy atom. The molecular weight excluding hydrogens is 394 g/mol. The van der Waals surface area contributed by atoms with Crippen molar-refractivity contribution in [2.75, 3.05) is 6.61 Å². The van der Waals surface area contributed by atoms with Crippen LogP contribution >= 0.6 is 0 Å². The van der Waals surface area contributed by atoms with Crippen LogP contribution in [0.3, 0.4) is 0 Å². The Bertz CT molecular complexity index is 1190. The molecule has 0 saturated heterocycles. The fourth-order valence-electron chi connectivity index (χ4n) is 3.25. The van der Waals surface area contributed by atoms with Gasteiger partial charge in [0.25, 0.3) is 5.69 Å². The molecule has 1 aliphatic heterocycles. The molecule has 1 heterocycles. The molecule has 154 valence electrons. The van der Waals surface area contributed by atoms with Crippen LogP contribution in [0, 0.1) is 17.0 Å². The van der Waals surface area contributed by atoms with Crippen LogP contribution < -0.4 is 9.47 Å². The van der Waals surface area contributed by atoms with Gasteiger partial charge in [0.2, 0.25) is 5.78 Å². The van der Waals surface area contributed by atoms with E-state index in [-0.39, 0.29) is 17.2 Å². The number of hydrogen-bond donors (Lipinski definition) is 0. The van der Waals surface area contributed by atoms with Gasteiger partial charge in [-0.3, -0.25) is 14.9 Å². The minimum Gasteiger partial charge on any atom is -0.489 e. The van der Waals surface area contributed by atoms with E-state index in [2.05, 4.69) is 0 Å². The van der Waals surface area contributed by atoms with E-state index in [0.29, 0.717) is 29.2 Å². The Morgan fingerprint density at radius 1 is 1.00 bits per heavy atom. The second kappa shape index (κ2) is 8.67. The maximum absolute atomic E-state index is 12.7. The van der Waals surface area contributed by atoms with Gasteiger partial charge in [-0.05, 0) is 54.5 Å². The molecule has 3 aromatic carbocycles. The van der Waals surface area contributed by atoms with E-state index in [9.17, 15) is 14.9 Å². The van der Waals surface area contributed by atoms with Gasteiger partial charge >= 0.3 is 0 Å². The van der Waals surface area contributed by atoms with Gasteiger partial charge in [0.1, 0.15) is 18.1 Å². The van der Waals surface area contributed by atoms with Crippen LogP contribution in [0.1, 0.15) is 27.0 Å². The van der Waals surface area contributed by atoms with Crippen LogP contribution in [0.15, 0.2) is 78.6 Å². The summed E-state index contributed by atoms with van der Waals surface area (Å²) in [7, 11) is 0. The number of ether oxygens (including phenoxy) is 2. The average molecular weight is 413 g/mol. The molecule has 6 nitrogen and oxygen atoms in total. The van der Waals surface area contributed by atoms with E-state index < -0.39 is 4.92 Å². The number of Topliss-reactive ketones (excluding diaryl/α,β-unsaturated/α-hetero) is 1. The number of fused-ring (bicyclic) bond motifs is 1. The van der Waals surface area contributed by atoms with Crippen molar-refractivity contribution in [1.29, 1.82) is 0 Å². The first kappa shape index (κ1) is 20.1. The van der Waals surface area contributed by atoms with Crippen molar-refractivity contribution in [1.82, 2.24) is 0 Å². The first-order chi connectivity index (χ1) is 15.0. The predicted octanol–water partition coefficient (Wildman–Crippen LogP) is 5.61. The number of nitro benzene ring substituents is 1. The number of benzene rings is 3. The monoisotopic (exact) mass is 413 g/mol. The molecule has 0 amide bonds. The third-order valence-electron chi connectivity index (χ3n) is 4.88. The van der Waals surface area contributed by atoms with E-state index in [1.807, 2.05) is 49.4 Å². The van der Waals surface area contributed by atoms with Crippen molar-refractivity contribution in [3.63, 3.8) is 0 Å². The molecule has 0 aromatic heterocycles. The number of rotatable bonds is 6. The summed E-state index contributed by atoms with van der Waals surface area (Å²) in [4.78, 5) is 23.0. The minimum atomic E-state index is -0.468. The summed E-state index contributed by atoms with van der Waals surface area (Å²) < 4.78 is 11.7. The minimum absolute atomic E-state index is 0.0111. The highest BCUT2D eigenvalue weighted by Crippen LogP contribution is 2.39. The summed E-state index contributed by atoms with van der Waals surface area (Å²) >= 11 is 0. The fourth-order valence-corrected chi connectivity index (χ4v) is 3.25. The van der Waals surface area contributed by atoms with Crippen LogP contribution in [0.25, 0.3) is 12.2 Å². The zero-order chi connectivity index (χ0) is 21.8. The maximum Gasteiger partial charge on any atom is 0.269 e. The Kier molecular flexibility index (Phi) is 5.62. The Morgan fingerprint density at radius 3 is 2.45 bits per heavy atom. The van der Waals surface area contributed by atoms with Crippen molar-refractivity contribution in [3.05, 3.63) is 111 Å². The third-order valence-corrected chi connectivity index (χ3v) is 4.88. The molecule has 0 N–H and O–H groups in total. The van der Waals surface area contributed by atoms with E-state index in [4.69, 9.17) is 9.47 Å². The molecule has 31 heavy (non-hydrogen) atoms. The second-order valence-corrected chi connectivity index (χ2v) is 6.98. The zero-order valence-corrected chi connectivity index (χ0v) is 16.8. The number of allylic oxidation sites excluding steroid dienone is 1. The summed E-state index contributed by atoms with van der Waals surface area (Å²) in [6.45, 7) is 2.23. The number of nitro groups is 1. The summed E-state index contributed by atoms with van der Waals surface area (Å²) in [5.41, 5.74) is 2.93. The van der Waals surface area contributed by atoms with Gasteiger partial charge < -0.3 is 9.47 Å². The number of non-ortho nitro benzene ring substituents is 1. The fraction of sp³-hybridized carbons (Fsp3) is 0.0800. The highest BCUT2D eigenvalue weighted by atomic mass is 16.6. The van der Waals surface area contributed by atoms with E-state index in [1.165, 1.54) is 12.1 Å². The van der Waals surface area contributed by atoms with Crippen molar-refractivity contribution in [3.8, 4) is 11.5 Å². The smallest absolute Gasteiger partial charge is 0.269 e. The largest absolute Gasteiger partial charge is 0.489 e. The van der Waals surface area contributed by atoms with Crippen LogP contribution in [0.2, 0.25) is 0 Å². The number of carbonyl (C=O) groups is 1. The van der Waals surface area contributed by atoms with E-state index >= 15 is 0 Å². The predicted molar refractivity (Wildman–Crippen MR) is 118 cm³/mol. The Labute approximate surface area is 179 Å². The summed E-state index contributed by atoms with van der Waals surface area (Å²) in [5, 5.41) is 10.8. The molecule has 0 saturated carbocycles. The van der Waals surface area contributed by atoms with Gasteiger partial charge in [0.05, 0.1) is 10.5 Å². The molecule has 3 aromatic rings. The van der Waals surface area contributed by atoms with Crippen LogP contribution in [-0.2, 0) is 0 Å². The second-order valence-electron chi connectivity index (χ2n) is 6.98. The molecule has 6 heteroatoms. The first-order valence-electron chi connectivity index (χ1n) is 9.69. The average Bonchev–Trinajstić information content (AvgIpc) is 3.10. The van der Waals surface area contributed by atoms with Gasteiger partial charge in [0, 0.05) is 17.7 Å². The molecule has 0 spiro atoms. The number of ketones is 1. The SMILES string of the molecule is Cc1c(OC/C=C/c2ccccc2)ccc2c1O/C(=C\c1ccc([N+](=O)[O-])cc1)C2=O.